The first kappa shape index (κ1) is 30.5. The summed E-state index contributed by atoms with van der Waals surface area (Å²) in [7, 11) is -7.85. The molecular formula is C31H29BrN2O5S2Se. The van der Waals surface area contributed by atoms with E-state index >= 15 is 0 Å². The molecule has 0 N–H and O–H groups in total. The Bertz CT molecular complexity index is 1880. The van der Waals surface area contributed by atoms with Crippen molar-refractivity contribution in [3.8, 4) is 0 Å². The second kappa shape index (κ2) is 12.8. The second-order valence-electron chi connectivity index (χ2n) is 9.86. The van der Waals surface area contributed by atoms with Crippen LogP contribution in [0.4, 0.5) is 0 Å². The van der Waals surface area contributed by atoms with Crippen LogP contribution in [0.5, 0.6) is 0 Å². The molecule has 2 heterocycles. The van der Waals surface area contributed by atoms with Crippen LogP contribution in [0.15, 0.2) is 122 Å². The first-order chi connectivity index (χ1) is 20.0. The third kappa shape index (κ3) is 6.83. The number of aromatic nitrogens is 1. The van der Waals surface area contributed by atoms with Crippen LogP contribution in [0.3, 0.4) is 0 Å². The van der Waals surface area contributed by atoms with Crippen LogP contribution < -0.4 is 4.46 Å². The molecule has 0 amide bonds. The van der Waals surface area contributed by atoms with Gasteiger partial charge >= 0.3 is 263 Å². The fourth-order valence-electron chi connectivity index (χ4n) is 4.33. The molecule has 5 rings (SSSR count). The predicted molar refractivity (Wildman–Crippen MR) is 168 cm³/mol. The Morgan fingerprint density at radius 3 is 1.90 bits per heavy atom. The van der Waals surface area contributed by atoms with Gasteiger partial charge in [-0.2, -0.15) is 0 Å². The molecule has 0 spiro atoms. The fourth-order valence-corrected chi connectivity index (χ4v) is 9.30. The van der Waals surface area contributed by atoms with Crippen molar-refractivity contribution in [1.82, 2.24) is 8.28 Å². The minimum absolute atomic E-state index is 0.00403. The van der Waals surface area contributed by atoms with Gasteiger partial charge in [0.1, 0.15) is 0 Å². The zero-order chi connectivity index (χ0) is 29.9. The summed E-state index contributed by atoms with van der Waals surface area (Å²) in [4.78, 5) is 0.329. The molecule has 42 heavy (non-hydrogen) atoms. The van der Waals surface area contributed by atoms with Gasteiger partial charge < -0.3 is 0 Å². The molecule has 0 aliphatic rings. The summed E-state index contributed by atoms with van der Waals surface area (Å²) in [6.07, 6.45) is 4.67. The van der Waals surface area contributed by atoms with E-state index in [0.29, 0.717) is 21.1 Å². The van der Waals surface area contributed by atoms with Crippen molar-refractivity contribution >= 4 is 55.4 Å². The minimum atomic E-state index is -3.96. The molecule has 0 saturated carbocycles. The van der Waals surface area contributed by atoms with E-state index in [4.69, 9.17) is 4.42 Å². The molecule has 0 aliphatic carbocycles. The summed E-state index contributed by atoms with van der Waals surface area (Å²) in [5, 5.41) is 0.594. The van der Waals surface area contributed by atoms with Gasteiger partial charge in [-0.25, -0.2) is 0 Å². The van der Waals surface area contributed by atoms with E-state index in [1.807, 2.05) is 44.2 Å². The van der Waals surface area contributed by atoms with Crippen molar-refractivity contribution in [2.24, 2.45) is 0 Å². The first-order valence-corrected chi connectivity index (χ1v) is 18.8. The molecule has 0 saturated heterocycles. The number of benzene rings is 3. The topological polar surface area (TPSA) is 89.6 Å². The Labute approximate surface area is 261 Å². The van der Waals surface area contributed by atoms with Crippen LogP contribution in [0.1, 0.15) is 27.8 Å². The third-order valence-corrected chi connectivity index (χ3v) is 13.1. The molecule has 2 aromatic heterocycles. The van der Waals surface area contributed by atoms with E-state index in [1.165, 1.54) is 14.5 Å². The molecule has 0 bridgehead atoms. The Kier molecular flexibility index (Phi) is 9.27. The van der Waals surface area contributed by atoms with Gasteiger partial charge in [0, 0.05) is 0 Å². The van der Waals surface area contributed by atoms with Crippen LogP contribution in [0.2, 0.25) is 0 Å². The molecule has 0 atom stereocenters. The molecule has 0 radical (unpaired) electrons. The Hall–Kier alpha value is -2.92. The van der Waals surface area contributed by atoms with E-state index in [2.05, 4.69) is 15.9 Å². The van der Waals surface area contributed by atoms with Crippen LogP contribution in [0, 0.1) is 13.8 Å². The number of furan rings is 1. The van der Waals surface area contributed by atoms with Crippen molar-refractivity contribution in [3.05, 3.63) is 136 Å². The molecule has 0 fully saturated rings. The summed E-state index contributed by atoms with van der Waals surface area (Å²) in [5.41, 5.74) is 3.97. The van der Waals surface area contributed by atoms with E-state index in [1.54, 1.807) is 67.0 Å². The summed E-state index contributed by atoms with van der Waals surface area (Å²) in [6.45, 7) is 3.81. The van der Waals surface area contributed by atoms with Crippen LogP contribution in [-0.2, 0) is 38.5 Å². The van der Waals surface area contributed by atoms with Crippen molar-refractivity contribution in [2.45, 2.75) is 42.0 Å². The molecular weight excluding hydrogens is 703 g/mol. The maximum atomic E-state index is 14.0. The molecule has 0 aliphatic heterocycles. The molecule has 218 valence electrons. The summed E-state index contributed by atoms with van der Waals surface area (Å²) >= 11 is 3.37. The standard InChI is InChI=1S/C31H29BrN2O5S2Se/c1-23-8-12-28(13-9-23)40(35,36)33(18-25-16-17-39-31(25)32)19-26-20-34(41(37,38)29-14-10-24(2)11-15-29)21-27(26)22-42-30-6-4-3-5-7-30/h3-17,20-21H,18-19,22H2,1-2H3. The average molecular weight is 733 g/mol. The second-order valence-corrected chi connectivity index (χ2v) is 16.6. The van der Waals surface area contributed by atoms with Crippen molar-refractivity contribution in [3.63, 3.8) is 0 Å². The predicted octanol–water partition coefficient (Wildman–Crippen LogP) is 5.62. The first-order valence-electron chi connectivity index (χ1n) is 13.0. The zero-order valence-electron chi connectivity index (χ0n) is 23.0. The van der Waals surface area contributed by atoms with Crippen LogP contribution in [-0.4, -0.2) is 40.1 Å². The van der Waals surface area contributed by atoms with Crippen molar-refractivity contribution < 1.29 is 21.3 Å². The Balaban J connectivity index is 1.57. The van der Waals surface area contributed by atoms with Gasteiger partial charge in [0.05, 0.1) is 0 Å². The number of rotatable bonds is 11. The molecule has 7 nitrogen and oxygen atoms in total. The molecule has 11 heteroatoms. The van der Waals surface area contributed by atoms with E-state index in [9.17, 15) is 16.8 Å². The summed E-state index contributed by atoms with van der Waals surface area (Å²) in [5.74, 6) is 0. The summed E-state index contributed by atoms with van der Waals surface area (Å²) in [6, 6.07) is 25.1. The van der Waals surface area contributed by atoms with E-state index in [0.717, 1.165) is 21.2 Å². The average Bonchev–Trinajstić information content (AvgIpc) is 3.58. The quantitative estimate of drug-likeness (QED) is 0.165. The molecule has 0 unspecified atom stereocenters. The molecule has 5 aromatic rings. The maximum absolute atomic E-state index is 14.0. The zero-order valence-corrected chi connectivity index (χ0v) is 27.9. The van der Waals surface area contributed by atoms with Crippen LogP contribution >= 0.6 is 15.9 Å². The number of hydrogen-bond acceptors (Lipinski definition) is 5. The van der Waals surface area contributed by atoms with Gasteiger partial charge in [-0.05, 0) is 0 Å². The number of hydrogen-bond donors (Lipinski definition) is 0. The Morgan fingerprint density at radius 1 is 0.738 bits per heavy atom. The SMILES string of the molecule is Cc1ccc(S(=O)(=O)N(Cc2cn(S(=O)(=O)c3ccc(C)cc3)cc2C[Se]c2ccccc2)Cc2ccoc2Br)cc1. The third-order valence-electron chi connectivity index (χ3n) is 6.76. The van der Waals surface area contributed by atoms with E-state index in [-0.39, 0.29) is 37.8 Å². The molecule has 3 aromatic carbocycles. The Morgan fingerprint density at radius 2 is 1.31 bits per heavy atom. The summed E-state index contributed by atoms with van der Waals surface area (Å²) < 4.78 is 64.8. The number of halogens is 1. The van der Waals surface area contributed by atoms with Gasteiger partial charge in [0.2, 0.25) is 0 Å². The van der Waals surface area contributed by atoms with Gasteiger partial charge in [0.25, 0.3) is 0 Å². The van der Waals surface area contributed by atoms with Crippen molar-refractivity contribution in [2.75, 3.05) is 0 Å². The number of nitrogens with zero attached hydrogens (tertiary/aromatic N) is 2. The van der Waals surface area contributed by atoms with Crippen molar-refractivity contribution in [1.29, 1.82) is 0 Å². The van der Waals surface area contributed by atoms with E-state index < -0.39 is 20.0 Å². The van der Waals surface area contributed by atoms with Gasteiger partial charge in [-0.3, -0.25) is 0 Å². The number of sulfonamides is 1. The van der Waals surface area contributed by atoms with Gasteiger partial charge in [-0.15, -0.1) is 0 Å². The van der Waals surface area contributed by atoms with Crippen LogP contribution in [0.25, 0.3) is 0 Å². The van der Waals surface area contributed by atoms with Gasteiger partial charge in [-0.1, -0.05) is 0 Å². The fraction of sp³-hybridized carbons (Fsp3) is 0.161. The monoisotopic (exact) mass is 732 g/mol. The number of aryl methyl sites for hydroxylation is 2. The normalized spacial score (nSPS) is 12.2. The van der Waals surface area contributed by atoms with Gasteiger partial charge in [0.15, 0.2) is 0 Å².